The molecule has 0 bridgehead atoms. The van der Waals surface area contributed by atoms with Crippen LogP contribution in [0.15, 0.2) is 24.3 Å². The zero-order valence-corrected chi connectivity index (χ0v) is 10.9. The number of rotatable bonds is 2. The molecule has 4 heteroatoms. The lowest BCUT2D eigenvalue weighted by atomic mass is 9.69. The van der Waals surface area contributed by atoms with Crippen LogP contribution in [0.5, 0.6) is 0 Å². The second-order valence-corrected chi connectivity index (χ2v) is 5.65. The molecule has 0 aromatic heterocycles. The molecule has 3 unspecified atom stereocenters. The van der Waals surface area contributed by atoms with Crippen molar-refractivity contribution in [2.24, 2.45) is 5.92 Å². The summed E-state index contributed by atoms with van der Waals surface area (Å²) in [4.78, 5) is 0. The molecule has 1 aliphatic heterocycles. The maximum atomic E-state index is 12.9. The SMILES string of the molecule is OC12CCOCC1CCCC2Nc1ccc(F)cc1. The smallest absolute Gasteiger partial charge is 0.123 e. The summed E-state index contributed by atoms with van der Waals surface area (Å²) in [6, 6.07) is 6.36. The number of benzene rings is 1. The largest absolute Gasteiger partial charge is 0.387 e. The van der Waals surface area contributed by atoms with Crippen LogP contribution in [0.3, 0.4) is 0 Å². The summed E-state index contributed by atoms with van der Waals surface area (Å²) in [6.07, 6.45) is 3.74. The third-order valence-corrected chi connectivity index (χ3v) is 4.51. The minimum Gasteiger partial charge on any atom is -0.387 e. The van der Waals surface area contributed by atoms with Gasteiger partial charge in [0.15, 0.2) is 0 Å². The fourth-order valence-corrected chi connectivity index (χ4v) is 3.36. The molecule has 3 nitrogen and oxygen atoms in total. The average molecular weight is 265 g/mol. The van der Waals surface area contributed by atoms with Crippen molar-refractivity contribution in [1.29, 1.82) is 0 Å². The summed E-state index contributed by atoms with van der Waals surface area (Å²) in [5.74, 6) is -0.0233. The topological polar surface area (TPSA) is 41.5 Å². The third kappa shape index (κ3) is 2.47. The van der Waals surface area contributed by atoms with Crippen molar-refractivity contribution in [1.82, 2.24) is 0 Å². The number of halogens is 1. The summed E-state index contributed by atoms with van der Waals surface area (Å²) >= 11 is 0. The molecule has 104 valence electrons. The monoisotopic (exact) mass is 265 g/mol. The molecule has 0 spiro atoms. The van der Waals surface area contributed by atoms with E-state index in [4.69, 9.17) is 4.74 Å². The van der Waals surface area contributed by atoms with Gasteiger partial charge in [-0.15, -0.1) is 0 Å². The molecule has 2 N–H and O–H groups in total. The molecule has 3 rings (SSSR count). The van der Waals surface area contributed by atoms with Crippen LogP contribution in [0.4, 0.5) is 10.1 Å². The van der Waals surface area contributed by atoms with Gasteiger partial charge in [-0.1, -0.05) is 6.42 Å². The van der Waals surface area contributed by atoms with Gasteiger partial charge in [-0.25, -0.2) is 4.39 Å². The van der Waals surface area contributed by atoms with Crippen molar-refractivity contribution in [3.8, 4) is 0 Å². The summed E-state index contributed by atoms with van der Waals surface area (Å²) in [7, 11) is 0. The molecule has 0 amide bonds. The molecule has 1 aromatic rings. The van der Waals surface area contributed by atoms with E-state index in [1.165, 1.54) is 12.1 Å². The molecule has 1 saturated heterocycles. The first-order valence-corrected chi connectivity index (χ1v) is 7.01. The van der Waals surface area contributed by atoms with Gasteiger partial charge >= 0.3 is 0 Å². The lowest BCUT2D eigenvalue weighted by Crippen LogP contribution is -2.58. The molecule has 1 aliphatic carbocycles. The number of nitrogens with one attached hydrogen (secondary N) is 1. The van der Waals surface area contributed by atoms with Crippen LogP contribution in [0.2, 0.25) is 0 Å². The van der Waals surface area contributed by atoms with Crippen molar-refractivity contribution in [2.75, 3.05) is 18.5 Å². The first-order valence-electron chi connectivity index (χ1n) is 7.01. The van der Waals surface area contributed by atoms with Gasteiger partial charge in [0.1, 0.15) is 5.82 Å². The average Bonchev–Trinajstić information content (AvgIpc) is 2.42. The van der Waals surface area contributed by atoms with E-state index in [0.29, 0.717) is 19.6 Å². The molecule has 3 atom stereocenters. The van der Waals surface area contributed by atoms with Gasteiger partial charge in [0, 0.05) is 24.6 Å². The Hall–Kier alpha value is -1.13. The Labute approximate surface area is 112 Å². The summed E-state index contributed by atoms with van der Waals surface area (Å²) in [6.45, 7) is 1.27. The third-order valence-electron chi connectivity index (χ3n) is 4.51. The minimum atomic E-state index is -0.690. The van der Waals surface area contributed by atoms with E-state index in [1.54, 1.807) is 12.1 Å². The van der Waals surface area contributed by atoms with Gasteiger partial charge in [-0.3, -0.25) is 0 Å². The predicted molar refractivity (Wildman–Crippen MR) is 71.5 cm³/mol. The van der Waals surface area contributed by atoms with E-state index in [0.717, 1.165) is 24.9 Å². The number of hydrogen-bond donors (Lipinski definition) is 2. The Morgan fingerprint density at radius 3 is 2.84 bits per heavy atom. The molecule has 1 heterocycles. The zero-order chi connectivity index (χ0) is 13.3. The Morgan fingerprint density at radius 1 is 1.26 bits per heavy atom. The molecule has 1 saturated carbocycles. The van der Waals surface area contributed by atoms with Gasteiger partial charge in [0.2, 0.25) is 0 Å². The highest BCUT2D eigenvalue weighted by Crippen LogP contribution is 2.40. The highest BCUT2D eigenvalue weighted by atomic mass is 19.1. The molecule has 2 fully saturated rings. The second-order valence-electron chi connectivity index (χ2n) is 5.65. The Kier molecular flexibility index (Phi) is 3.46. The number of fused-ring (bicyclic) bond motifs is 1. The van der Waals surface area contributed by atoms with Crippen LogP contribution >= 0.6 is 0 Å². The summed E-state index contributed by atoms with van der Waals surface area (Å²) in [5, 5.41) is 14.3. The van der Waals surface area contributed by atoms with Crippen molar-refractivity contribution in [3.63, 3.8) is 0 Å². The van der Waals surface area contributed by atoms with Gasteiger partial charge in [-0.2, -0.15) is 0 Å². The normalized spacial score (nSPS) is 34.6. The lowest BCUT2D eigenvalue weighted by molar-refractivity contribution is -0.137. The second kappa shape index (κ2) is 5.10. The standard InChI is InChI=1S/C15H20FNO2/c16-12-4-6-13(7-5-12)17-14-3-1-2-11-10-19-9-8-15(11,14)18/h4-7,11,14,17-18H,1-3,8-10H2. The molecular weight excluding hydrogens is 245 g/mol. The number of hydrogen-bond acceptors (Lipinski definition) is 3. The number of aliphatic hydroxyl groups is 1. The van der Waals surface area contributed by atoms with Gasteiger partial charge < -0.3 is 15.2 Å². The Balaban J connectivity index is 1.77. The van der Waals surface area contributed by atoms with E-state index in [2.05, 4.69) is 5.32 Å². The van der Waals surface area contributed by atoms with Crippen LogP contribution in [0.1, 0.15) is 25.7 Å². The van der Waals surface area contributed by atoms with Crippen LogP contribution < -0.4 is 5.32 Å². The van der Waals surface area contributed by atoms with Crippen LogP contribution in [0.25, 0.3) is 0 Å². The first-order chi connectivity index (χ1) is 9.18. The number of anilines is 1. The molecule has 2 aliphatic rings. The maximum Gasteiger partial charge on any atom is 0.123 e. The molecule has 19 heavy (non-hydrogen) atoms. The molecule has 1 aromatic carbocycles. The van der Waals surface area contributed by atoms with Crippen molar-refractivity contribution >= 4 is 5.69 Å². The fraction of sp³-hybridized carbons (Fsp3) is 0.600. The van der Waals surface area contributed by atoms with Crippen LogP contribution in [-0.4, -0.2) is 30.0 Å². The quantitative estimate of drug-likeness (QED) is 0.863. The maximum absolute atomic E-state index is 12.9. The summed E-state index contributed by atoms with van der Waals surface area (Å²) < 4.78 is 18.4. The minimum absolute atomic E-state index is 0.0283. The van der Waals surface area contributed by atoms with E-state index in [9.17, 15) is 9.50 Å². The van der Waals surface area contributed by atoms with E-state index < -0.39 is 5.60 Å². The molecule has 0 radical (unpaired) electrons. The Morgan fingerprint density at radius 2 is 2.05 bits per heavy atom. The van der Waals surface area contributed by atoms with Crippen molar-refractivity contribution < 1.29 is 14.2 Å². The number of ether oxygens (including phenoxy) is 1. The predicted octanol–water partition coefficient (Wildman–Crippen LogP) is 2.56. The first kappa shape index (κ1) is 12.9. The van der Waals surface area contributed by atoms with Crippen LogP contribution in [0, 0.1) is 11.7 Å². The fourth-order valence-electron chi connectivity index (χ4n) is 3.36. The summed E-state index contributed by atoms with van der Waals surface area (Å²) in [5.41, 5.74) is 0.178. The van der Waals surface area contributed by atoms with Gasteiger partial charge in [0.05, 0.1) is 18.2 Å². The van der Waals surface area contributed by atoms with E-state index in [1.807, 2.05) is 0 Å². The van der Waals surface area contributed by atoms with E-state index >= 15 is 0 Å². The van der Waals surface area contributed by atoms with Crippen molar-refractivity contribution in [2.45, 2.75) is 37.3 Å². The van der Waals surface area contributed by atoms with Gasteiger partial charge in [0.25, 0.3) is 0 Å². The van der Waals surface area contributed by atoms with Crippen LogP contribution in [-0.2, 0) is 4.74 Å². The zero-order valence-electron chi connectivity index (χ0n) is 10.9. The Bertz CT molecular complexity index is 434. The van der Waals surface area contributed by atoms with Gasteiger partial charge in [-0.05, 0) is 37.1 Å². The highest BCUT2D eigenvalue weighted by molar-refractivity contribution is 5.44. The van der Waals surface area contributed by atoms with Crippen molar-refractivity contribution in [3.05, 3.63) is 30.1 Å². The van der Waals surface area contributed by atoms with E-state index in [-0.39, 0.29) is 17.8 Å². The highest BCUT2D eigenvalue weighted by Gasteiger charge is 2.47. The molecular formula is C15H20FNO2. The lowest BCUT2D eigenvalue weighted by Gasteiger charge is -2.48.